The van der Waals surface area contributed by atoms with Gasteiger partial charge in [0.25, 0.3) is 0 Å². The van der Waals surface area contributed by atoms with Crippen molar-refractivity contribution in [3.63, 3.8) is 0 Å². The van der Waals surface area contributed by atoms with E-state index in [0.29, 0.717) is 6.54 Å². The molecule has 0 saturated carbocycles. The molecule has 0 aromatic rings. The Balaban J connectivity index is 3.84. The lowest BCUT2D eigenvalue weighted by Gasteiger charge is -1.88. The van der Waals surface area contributed by atoms with E-state index in [1.54, 1.807) is 12.2 Å². The molecule has 0 saturated heterocycles. The van der Waals surface area contributed by atoms with Crippen LogP contribution in [0, 0.1) is 5.41 Å². The smallest absolute Gasteiger partial charge is 0.0180 e. The second-order valence-corrected chi connectivity index (χ2v) is 1.32. The van der Waals surface area contributed by atoms with Crippen LogP contribution in [0.1, 0.15) is 0 Å². The summed E-state index contributed by atoms with van der Waals surface area (Å²) < 4.78 is 0. The molecule has 0 aromatic carbocycles. The van der Waals surface area contributed by atoms with Gasteiger partial charge in [-0.25, -0.2) is 0 Å². The first kappa shape index (κ1) is 7.11. The number of rotatable bonds is 3. The number of hydrogen-bond donors (Lipinski definition) is 2. The van der Waals surface area contributed by atoms with Gasteiger partial charge in [0.1, 0.15) is 0 Å². The summed E-state index contributed by atoms with van der Waals surface area (Å²) in [5.41, 5.74) is 6.12. The summed E-state index contributed by atoms with van der Waals surface area (Å²) in [6.45, 7) is 3.96. The van der Waals surface area contributed by atoms with Gasteiger partial charge in [0, 0.05) is 12.8 Å². The second-order valence-electron chi connectivity index (χ2n) is 1.32. The summed E-state index contributed by atoms with van der Waals surface area (Å²) >= 11 is 0. The SMILES string of the molecule is C=C/C(=C\C=N)CN. The van der Waals surface area contributed by atoms with Crippen molar-refractivity contribution in [3.05, 3.63) is 24.3 Å². The topological polar surface area (TPSA) is 49.9 Å². The van der Waals surface area contributed by atoms with Gasteiger partial charge in [-0.05, 0) is 11.6 Å². The zero-order valence-corrected chi connectivity index (χ0v) is 4.72. The molecule has 0 aliphatic heterocycles. The highest BCUT2D eigenvalue weighted by atomic mass is 14.5. The fourth-order valence-corrected chi connectivity index (χ4v) is 0.326. The summed E-state index contributed by atoms with van der Waals surface area (Å²) in [7, 11) is 0. The lowest BCUT2D eigenvalue weighted by molar-refractivity contribution is 1.19. The predicted molar refractivity (Wildman–Crippen MR) is 36.1 cm³/mol. The highest BCUT2D eigenvalue weighted by Crippen LogP contribution is 1.87. The predicted octanol–water partition coefficient (Wildman–Crippen LogP) is 0.707. The third kappa shape index (κ3) is 2.31. The van der Waals surface area contributed by atoms with Crippen LogP contribution in [0.3, 0.4) is 0 Å². The van der Waals surface area contributed by atoms with E-state index in [9.17, 15) is 0 Å². The van der Waals surface area contributed by atoms with E-state index < -0.39 is 0 Å². The molecule has 8 heavy (non-hydrogen) atoms. The maximum absolute atomic E-state index is 6.64. The fraction of sp³-hybridized carbons (Fsp3) is 0.167. The highest BCUT2D eigenvalue weighted by Gasteiger charge is 1.79. The molecular weight excluding hydrogens is 100 g/mol. The van der Waals surface area contributed by atoms with Crippen LogP contribution in [0.5, 0.6) is 0 Å². The Labute approximate surface area is 49.2 Å². The Morgan fingerprint density at radius 2 is 2.38 bits per heavy atom. The van der Waals surface area contributed by atoms with Crippen molar-refractivity contribution < 1.29 is 0 Å². The first-order valence-corrected chi connectivity index (χ1v) is 2.37. The van der Waals surface area contributed by atoms with Crippen LogP contribution in [0.4, 0.5) is 0 Å². The van der Waals surface area contributed by atoms with Gasteiger partial charge in [0.05, 0.1) is 0 Å². The Bertz CT molecular complexity index is 114. The van der Waals surface area contributed by atoms with Gasteiger partial charge in [-0.1, -0.05) is 12.7 Å². The molecule has 0 aliphatic carbocycles. The molecule has 0 aromatic heterocycles. The summed E-state index contributed by atoms with van der Waals surface area (Å²) in [5, 5.41) is 6.64. The Hall–Kier alpha value is -0.890. The molecule has 0 atom stereocenters. The van der Waals surface area contributed by atoms with Crippen molar-refractivity contribution in [2.75, 3.05) is 6.54 Å². The summed E-state index contributed by atoms with van der Waals surface area (Å²) in [6, 6.07) is 0. The van der Waals surface area contributed by atoms with Crippen LogP contribution in [0.15, 0.2) is 24.3 Å². The number of allylic oxidation sites excluding steroid dienone is 1. The molecule has 44 valence electrons. The molecule has 2 heteroatoms. The molecule has 0 bridgehead atoms. The van der Waals surface area contributed by atoms with Crippen LogP contribution in [0.25, 0.3) is 0 Å². The van der Waals surface area contributed by atoms with Gasteiger partial charge in [-0.15, -0.1) is 0 Å². The lowest BCUT2D eigenvalue weighted by Crippen LogP contribution is -2.00. The Morgan fingerprint density at radius 1 is 1.75 bits per heavy atom. The average molecular weight is 110 g/mol. The van der Waals surface area contributed by atoms with E-state index in [0.717, 1.165) is 5.57 Å². The molecule has 0 unspecified atom stereocenters. The summed E-state index contributed by atoms with van der Waals surface area (Å²) in [4.78, 5) is 0. The minimum atomic E-state index is 0.457. The standard InChI is InChI=1S/C6H10N2/c1-2-6(5-8)3-4-7/h2-4,7H,1,5,8H2/b6-3+,7-4?. The third-order valence-corrected chi connectivity index (χ3v) is 0.795. The summed E-state index contributed by atoms with van der Waals surface area (Å²) in [5.74, 6) is 0. The quantitative estimate of drug-likeness (QED) is 0.408. The van der Waals surface area contributed by atoms with Crippen LogP contribution < -0.4 is 5.73 Å². The van der Waals surface area contributed by atoms with Crippen LogP contribution in [-0.4, -0.2) is 12.8 Å². The zero-order chi connectivity index (χ0) is 6.41. The summed E-state index contributed by atoms with van der Waals surface area (Å²) in [6.07, 6.45) is 4.46. The van der Waals surface area contributed by atoms with Crippen LogP contribution in [-0.2, 0) is 0 Å². The normalized spacial score (nSPS) is 10.9. The molecule has 0 spiro atoms. The molecule has 0 radical (unpaired) electrons. The van der Waals surface area contributed by atoms with Crippen molar-refractivity contribution in [2.45, 2.75) is 0 Å². The second kappa shape index (κ2) is 4.27. The van der Waals surface area contributed by atoms with E-state index in [4.69, 9.17) is 11.1 Å². The number of nitrogens with two attached hydrogens (primary N) is 1. The number of nitrogens with one attached hydrogen (secondary N) is 1. The van der Waals surface area contributed by atoms with Crippen molar-refractivity contribution in [2.24, 2.45) is 5.73 Å². The van der Waals surface area contributed by atoms with Gasteiger partial charge in [-0.2, -0.15) is 0 Å². The maximum Gasteiger partial charge on any atom is 0.0180 e. The molecule has 0 fully saturated rings. The Morgan fingerprint density at radius 3 is 2.50 bits per heavy atom. The lowest BCUT2D eigenvalue weighted by atomic mass is 10.2. The first-order valence-electron chi connectivity index (χ1n) is 2.37. The van der Waals surface area contributed by atoms with Gasteiger partial charge >= 0.3 is 0 Å². The number of hydrogen-bond acceptors (Lipinski definition) is 2. The van der Waals surface area contributed by atoms with Crippen LogP contribution >= 0.6 is 0 Å². The van der Waals surface area contributed by atoms with E-state index >= 15 is 0 Å². The van der Waals surface area contributed by atoms with Crippen molar-refractivity contribution in [1.82, 2.24) is 0 Å². The van der Waals surface area contributed by atoms with Gasteiger partial charge in [-0.3, -0.25) is 0 Å². The molecule has 2 nitrogen and oxygen atoms in total. The van der Waals surface area contributed by atoms with Crippen molar-refractivity contribution in [1.29, 1.82) is 5.41 Å². The minimum Gasteiger partial charge on any atom is -0.326 e. The van der Waals surface area contributed by atoms with Gasteiger partial charge in [0.2, 0.25) is 0 Å². The highest BCUT2D eigenvalue weighted by molar-refractivity contribution is 5.69. The van der Waals surface area contributed by atoms with E-state index in [1.165, 1.54) is 6.21 Å². The molecule has 0 rings (SSSR count). The largest absolute Gasteiger partial charge is 0.326 e. The Kier molecular flexibility index (Phi) is 3.80. The van der Waals surface area contributed by atoms with Crippen molar-refractivity contribution >= 4 is 6.21 Å². The minimum absolute atomic E-state index is 0.457. The van der Waals surface area contributed by atoms with Gasteiger partial charge in [0.15, 0.2) is 0 Å². The van der Waals surface area contributed by atoms with E-state index in [1.807, 2.05) is 0 Å². The maximum atomic E-state index is 6.64. The zero-order valence-electron chi connectivity index (χ0n) is 4.72. The molecular formula is C6H10N2. The monoisotopic (exact) mass is 110 g/mol. The fourth-order valence-electron chi connectivity index (χ4n) is 0.326. The van der Waals surface area contributed by atoms with Crippen molar-refractivity contribution in [3.8, 4) is 0 Å². The third-order valence-electron chi connectivity index (χ3n) is 0.795. The molecule has 0 aliphatic rings. The van der Waals surface area contributed by atoms with E-state index in [2.05, 4.69) is 6.58 Å². The molecule has 0 amide bonds. The van der Waals surface area contributed by atoms with E-state index in [-0.39, 0.29) is 0 Å². The molecule has 3 N–H and O–H groups in total. The molecule has 0 heterocycles. The average Bonchev–Trinajstić information content (AvgIpc) is 1.83. The van der Waals surface area contributed by atoms with Gasteiger partial charge < -0.3 is 11.1 Å². The first-order chi connectivity index (χ1) is 3.85. The van der Waals surface area contributed by atoms with Crippen LogP contribution in [0.2, 0.25) is 0 Å².